The number of aryl methyl sites for hydroxylation is 1. The van der Waals surface area contributed by atoms with Crippen LogP contribution in [-0.2, 0) is 0 Å². The number of rotatable bonds is 1. The first kappa shape index (κ1) is 10.7. The summed E-state index contributed by atoms with van der Waals surface area (Å²) in [4.78, 5) is 13.9. The van der Waals surface area contributed by atoms with Crippen LogP contribution in [0.4, 0.5) is 13.2 Å². The number of hydrogen-bond donors (Lipinski definition) is 1. The molecule has 1 aromatic carbocycles. The van der Waals surface area contributed by atoms with Crippen molar-refractivity contribution in [1.82, 2.24) is 4.98 Å². The van der Waals surface area contributed by atoms with Gasteiger partial charge in [0.25, 0.3) is 6.43 Å². The maximum Gasteiger partial charge on any atom is 0.278 e. The summed E-state index contributed by atoms with van der Waals surface area (Å²) in [6.07, 6.45) is -2.78. The van der Waals surface area contributed by atoms with Crippen molar-refractivity contribution in [1.29, 1.82) is 0 Å². The first-order chi connectivity index (χ1) is 7.50. The van der Waals surface area contributed by atoms with Crippen LogP contribution in [0, 0.1) is 12.7 Å². The van der Waals surface area contributed by atoms with E-state index in [1.807, 2.05) is 0 Å². The Bertz CT molecular complexity index is 604. The summed E-state index contributed by atoms with van der Waals surface area (Å²) >= 11 is 0. The Morgan fingerprint density at radius 3 is 2.62 bits per heavy atom. The highest BCUT2D eigenvalue weighted by molar-refractivity contribution is 5.81. The first-order valence-corrected chi connectivity index (χ1v) is 4.61. The van der Waals surface area contributed by atoms with Crippen molar-refractivity contribution in [3.63, 3.8) is 0 Å². The Labute approximate surface area is 88.7 Å². The van der Waals surface area contributed by atoms with E-state index in [2.05, 4.69) is 4.98 Å². The Morgan fingerprint density at radius 1 is 1.31 bits per heavy atom. The van der Waals surface area contributed by atoms with Crippen molar-refractivity contribution >= 4 is 10.9 Å². The number of aromatic nitrogens is 1. The molecule has 1 heterocycles. The fourth-order valence-corrected chi connectivity index (χ4v) is 1.57. The molecule has 5 heteroatoms. The molecule has 0 aliphatic rings. The van der Waals surface area contributed by atoms with Crippen LogP contribution in [0.5, 0.6) is 0 Å². The average Bonchev–Trinajstić information content (AvgIpc) is 2.23. The number of pyridine rings is 1. The molecule has 0 saturated carbocycles. The summed E-state index contributed by atoms with van der Waals surface area (Å²) in [5.74, 6) is -0.533. The van der Waals surface area contributed by atoms with E-state index in [-0.39, 0.29) is 16.5 Å². The molecule has 0 amide bonds. The molecular weight excluding hydrogens is 219 g/mol. The molecule has 2 nitrogen and oxygen atoms in total. The molecule has 0 unspecified atom stereocenters. The maximum absolute atomic E-state index is 13.2. The topological polar surface area (TPSA) is 32.9 Å². The lowest BCUT2D eigenvalue weighted by atomic mass is 10.1. The molecule has 0 fully saturated rings. The lowest BCUT2D eigenvalue weighted by Gasteiger charge is -2.06. The van der Waals surface area contributed by atoms with Crippen LogP contribution in [0.3, 0.4) is 0 Å². The predicted molar refractivity (Wildman–Crippen MR) is 54.2 cm³/mol. The third kappa shape index (κ3) is 1.58. The second kappa shape index (κ2) is 3.66. The van der Waals surface area contributed by atoms with E-state index in [1.165, 1.54) is 13.0 Å². The van der Waals surface area contributed by atoms with Gasteiger partial charge in [-0.1, -0.05) is 0 Å². The Morgan fingerprint density at radius 2 is 2.00 bits per heavy atom. The Balaban J connectivity index is 2.89. The minimum absolute atomic E-state index is 0.128. The Kier molecular flexibility index (Phi) is 2.46. The lowest BCUT2D eigenvalue weighted by Crippen LogP contribution is -2.07. The van der Waals surface area contributed by atoms with Crippen LogP contribution in [0.15, 0.2) is 23.0 Å². The smallest absolute Gasteiger partial charge is 0.278 e. The maximum atomic E-state index is 13.2. The molecule has 0 bridgehead atoms. The molecule has 0 atom stereocenters. The Hall–Kier alpha value is -1.78. The summed E-state index contributed by atoms with van der Waals surface area (Å²) in [7, 11) is 0. The number of H-pyrrole nitrogens is 1. The summed E-state index contributed by atoms with van der Waals surface area (Å²) in [6.45, 7) is 1.43. The highest BCUT2D eigenvalue weighted by atomic mass is 19.3. The summed E-state index contributed by atoms with van der Waals surface area (Å²) in [5.41, 5.74) is -0.738. The normalized spacial score (nSPS) is 11.3. The van der Waals surface area contributed by atoms with Crippen molar-refractivity contribution in [2.45, 2.75) is 13.3 Å². The quantitative estimate of drug-likeness (QED) is 0.798. The summed E-state index contributed by atoms with van der Waals surface area (Å²) in [5, 5.41) is 0.211. The molecule has 84 valence electrons. The van der Waals surface area contributed by atoms with Gasteiger partial charge in [0.2, 0.25) is 0 Å². The highest BCUT2D eigenvalue weighted by Gasteiger charge is 2.13. The van der Waals surface area contributed by atoms with Gasteiger partial charge in [-0.2, -0.15) is 0 Å². The number of fused-ring (bicyclic) bond motifs is 1. The minimum Gasteiger partial charge on any atom is -0.353 e. The molecule has 2 aromatic rings. The monoisotopic (exact) mass is 227 g/mol. The lowest BCUT2D eigenvalue weighted by molar-refractivity contribution is 0.146. The van der Waals surface area contributed by atoms with E-state index in [0.29, 0.717) is 0 Å². The van der Waals surface area contributed by atoms with Gasteiger partial charge in [-0.05, 0) is 19.1 Å². The largest absolute Gasteiger partial charge is 0.353 e. The molecule has 0 radical (unpaired) electrons. The van der Waals surface area contributed by atoms with E-state index in [1.54, 1.807) is 0 Å². The second-order valence-electron chi connectivity index (χ2n) is 3.48. The fourth-order valence-electron chi connectivity index (χ4n) is 1.57. The van der Waals surface area contributed by atoms with E-state index >= 15 is 0 Å². The van der Waals surface area contributed by atoms with Gasteiger partial charge in [-0.15, -0.1) is 0 Å². The molecule has 1 aromatic heterocycles. The number of alkyl halides is 2. The van der Waals surface area contributed by atoms with Gasteiger partial charge in [-0.25, -0.2) is 13.2 Å². The fraction of sp³-hybridized carbons (Fsp3) is 0.182. The van der Waals surface area contributed by atoms with Gasteiger partial charge in [0.15, 0.2) is 5.43 Å². The van der Waals surface area contributed by atoms with Crippen LogP contribution in [0.2, 0.25) is 0 Å². The number of hydrogen-bond acceptors (Lipinski definition) is 1. The number of nitrogens with one attached hydrogen (secondary N) is 1. The van der Waals surface area contributed by atoms with Crippen LogP contribution in [-0.4, -0.2) is 4.98 Å². The van der Waals surface area contributed by atoms with Crippen LogP contribution in [0.25, 0.3) is 10.9 Å². The molecule has 1 N–H and O–H groups in total. The van der Waals surface area contributed by atoms with Crippen molar-refractivity contribution in [2.24, 2.45) is 0 Å². The standard InChI is InChI=1S/C11H8F3NO/c1-5-7(12)3-2-6-9(16)4-8(11(13)14)15-10(5)6/h2-4,11H,1H3,(H,15,16). The van der Waals surface area contributed by atoms with E-state index in [9.17, 15) is 18.0 Å². The minimum atomic E-state index is -2.78. The summed E-state index contributed by atoms with van der Waals surface area (Å²) < 4.78 is 38.1. The average molecular weight is 227 g/mol. The molecule has 0 aliphatic heterocycles. The van der Waals surface area contributed by atoms with Gasteiger partial charge in [0.05, 0.1) is 11.2 Å². The van der Waals surface area contributed by atoms with Gasteiger partial charge >= 0.3 is 0 Å². The predicted octanol–water partition coefficient (Wildman–Crippen LogP) is 2.91. The van der Waals surface area contributed by atoms with Crippen molar-refractivity contribution in [3.05, 3.63) is 45.5 Å². The molecule has 2 rings (SSSR count). The number of halogens is 3. The molecule has 0 spiro atoms. The van der Waals surface area contributed by atoms with Gasteiger partial charge in [0.1, 0.15) is 5.82 Å². The highest BCUT2D eigenvalue weighted by Crippen LogP contribution is 2.21. The zero-order chi connectivity index (χ0) is 11.9. The molecule has 0 saturated heterocycles. The van der Waals surface area contributed by atoms with Gasteiger partial charge < -0.3 is 4.98 Å². The van der Waals surface area contributed by atoms with Crippen LogP contribution >= 0.6 is 0 Å². The second-order valence-corrected chi connectivity index (χ2v) is 3.48. The zero-order valence-electron chi connectivity index (χ0n) is 8.35. The van der Waals surface area contributed by atoms with Gasteiger partial charge in [0, 0.05) is 17.0 Å². The van der Waals surface area contributed by atoms with E-state index in [0.717, 1.165) is 12.1 Å². The van der Waals surface area contributed by atoms with E-state index < -0.39 is 23.4 Å². The molecule has 16 heavy (non-hydrogen) atoms. The third-order valence-electron chi connectivity index (χ3n) is 2.46. The van der Waals surface area contributed by atoms with Crippen LogP contribution in [0.1, 0.15) is 17.7 Å². The van der Waals surface area contributed by atoms with Gasteiger partial charge in [-0.3, -0.25) is 4.79 Å². The first-order valence-electron chi connectivity index (χ1n) is 4.61. The van der Waals surface area contributed by atoms with Crippen molar-refractivity contribution in [3.8, 4) is 0 Å². The molecule has 0 aliphatic carbocycles. The number of benzene rings is 1. The zero-order valence-corrected chi connectivity index (χ0v) is 8.35. The van der Waals surface area contributed by atoms with Crippen molar-refractivity contribution in [2.75, 3.05) is 0 Å². The number of aromatic amines is 1. The van der Waals surface area contributed by atoms with Crippen LogP contribution < -0.4 is 5.43 Å². The SMILES string of the molecule is Cc1c(F)ccc2c(=O)cc(C(F)F)[nH]c12. The third-order valence-corrected chi connectivity index (χ3v) is 2.46. The molecular formula is C11H8F3NO. The summed E-state index contributed by atoms with van der Waals surface area (Å²) in [6, 6.07) is 3.27. The van der Waals surface area contributed by atoms with E-state index in [4.69, 9.17) is 0 Å². The van der Waals surface area contributed by atoms with Crippen molar-refractivity contribution < 1.29 is 13.2 Å².